The van der Waals surface area contributed by atoms with Crippen molar-refractivity contribution in [2.24, 2.45) is 0 Å². The Bertz CT molecular complexity index is 526. The van der Waals surface area contributed by atoms with Crippen molar-refractivity contribution in [3.05, 3.63) is 16.4 Å². The molecule has 0 radical (unpaired) electrons. The highest BCUT2D eigenvalue weighted by atomic mass is 35.5. The number of piperazine rings is 1. The first-order valence-electron chi connectivity index (χ1n) is 6.24. The minimum Gasteiger partial charge on any atom is -0.345 e. The molecule has 1 saturated heterocycles. The van der Waals surface area contributed by atoms with Gasteiger partial charge in [-0.25, -0.2) is 0 Å². The summed E-state index contributed by atoms with van der Waals surface area (Å²) in [4.78, 5) is 25.1. The standard InChI is InChI=1S/C12H17ClN4O2/c1-4-17-9(11(13)7(2)15-17)6-16-8(3)12(19)14-5-10(16)18/h8H,4-6H2,1-3H3,(H,14,19). The molecule has 1 aliphatic rings. The molecule has 1 N–H and O–H groups in total. The van der Waals surface area contributed by atoms with Gasteiger partial charge in [-0.3, -0.25) is 14.3 Å². The molecule has 1 fully saturated rings. The van der Waals surface area contributed by atoms with E-state index < -0.39 is 6.04 Å². The molecule has 104 valence electrons. The average Bonchev–Trinajstić information content (AvgIpc) is 2.66. The normalized spacial score (nSPS) is 19.8. The van der Waals surface area contributed by atoms with Crippen molar-refractivity contribution >= 4 is 23.4 Å². The molecule has 6 nitrogen and oxygen atoms in total. The van der Waals surface area contributed by atoms with Crippen molar-refractivity contribution in [2.45, 2.75) is 39.9 Å². The molecule has 1 unspecified atom stereocenters. The third kappa shape index (κ3) is 2.45. The van der Waals surface area contributed by atoms with Crippen LogP contribution in [0.25, 0.3) is 0 Å². The molecule has 0 aromatic carbocycles. The fourth-order valence-electron chi connectivity index (χ4n) is 2.18. The lowest BCUT2D eigenvalue weighted by Gasteiger charge is -2.32. The number of carbonyl (C=O) groups is 2. The number of halogens is 1. The number of hydrogen-bond donors (Lipinski definition) is 1. The van der Waals surface area contributed by atoms with Crippen molar-refractivity contribution in [1.82, 2.24) is 20.0 Å². The molecule has 0 saturated carbocycles. The molecule has 2 rings (SSSR count). The molecule has 19 heavy (non-hydrogen) atoms. The summed E-state index contributed by atoms with van der Waals surface area (Å²) in [5.74, 6) is -0.250. The lowest BCUT2D eigenvalue weighted by atomic mass is 10.2. The summed E-state index contributed by atoms with van der Waals surface area (Å²) in [6, 6.07) is -0.488. The van der Waals surface area contributed by atoms with E-state index in [9.17, 15) is 9.59 Å². The number of hydrogen-bond acceptors (Lipinski definition) is 3. The van der Waals surface area contributed by atoms with Crippen LogP contribution in [0.5, 0.6) is 0 Å². The van der Waals surface area contributed by atoms with Crippen LogP contribution in [-0.4, -0.2) is 39.1 Å². The summed E-state index contributed by atoms with van der Waals surface area (Å²) in [5.41, 5.74) is 1.51. The summed E-state index contributed by atoms with van der Waals surface area (Å²) in [6.45, 7) is 6.51. The van der Waals surface area contributed by atoms with Crippen LogP contribution in [0.3, 0.4) is 0 Å². The van der Waals surface area contributed by atoms with Crippen molar-refractivity contribution in [2.75, 3.05) is 6.54 Å². The largest absolute Gasteiger partial charge is 0.345 e. The van der Waals surface area contributed by atoms with E-state index in [2.05, 4.69) is 10.4 Å². The highest BCUT2D eigenvalue weighted by molar-refractivity contribution is 6.31. The van der Waals surface area contributed by atoms with Crippen LogP contribution < -0.4 is 5.32 Å². The van der Waals surface area contributed by atoms with Crippen LogP contribution >= 0.6 is 11.6 Å². The zero-order chi connectivity index (χ0) is 14.2. The minimum atomic E-state index is -0.488. The molecule has 2 heterocycles. The number of nitrogens with zero attached hydrogens (tertiary/aromatic N) is 3. The van der Waals surface area contributed by atoms with Gasteiger partial charge in [-0.05, 0) is 20.8 Å². The van der Waals surface area contributed by atoms with E-state index in [-0.39, 0.29) is 18.4 Å². The monoisotopic (exact) mass is 284 g/mol. The zero-order valence-electron chi connectivity index (χ0n) is 11.2. The first kappa shape index (κ1) is 13.9. The second-order valence-electron chi connectivity index (χ2n) is 4.58. The van der Waals surface area contributed by atoms with Crippen LogP contribution in [0.4, 0.5) is 0 Å². The van der Waals surface area contributed by atoms with Gasteiger partial charge in [0.05, 0.1) is 29.5 Å². The third-order valence-electron chi connectivity index (χ3n) is 3.35. The molecule has 0 bridgehead atoms. The molecule has 1 aliphatic heterocycles. The highest BCUT2D eigenvalue weighted by Gasteiger charge is 2.32. The summed E-state index contributed by atoms with van der Waals surface area (Å²) in [6.07, 6.45) is 0. The Morgan fingerprint density at radius 3 is 2.79 bits per heavy atom. The lowest BCUT2D eigenvalue weighted by Crippen LogP contribution is -2.56. The number of carbonyl (C=O) groups excluding carboxylic acids is 2. The van der Waals surface area contributed by atoms with Gasteiger partial charge < -0.3 is 10.2 Å². The predicted octanol–water partition coefficient (Wildman–Crippen LogP) is 0.712. The average molecular weight is 285 g/mol. The van der Waals surface area contributed by atoms with Gasteiger partial charge in [-0.2, -0.15) is 5.10 Å². The molecule has 0 aliphatic carbocycles. The molecule has 1 atom stereocenters. The van der Waals surface area contributed by atoms with E-state index in [1.165, 1.54) is 4.90 Å². The van der Waals surface area contributed by atoms with Crippen molar-refractivity contribution in [1.29, 1.82) is 0 Å². The molecule has 1 aromatic rings. The number of rotatable bonds is 3. The van der Waals surface area contributed by atoms with Gasteiger partial charge in [0.2, 0.25) is 11.8 Å². The Morgan fingerprint density at radius 2 is 2.16 bits per heavy atom. The van der Waals surface area contributed by atoms with Crippen LogP contribution in [-0.2, 0) is 22.7 Å². The van der Waals surface area contributed by atoms with E-state index in [4.69, 9.17) is 11.6 Å². The highest BCUT2D eigenvalue weighted by Crippen LogP contribution is 2.23. The Kier molecular flexibility index (Phi) is 3.80. The van der Waals surface area contributed by atoms with E-state index in [1.807, 2.05) is 13.8 Å². The first-order chi connectivity index (χ1) is 8.95. The molecule has 7 heteroatoms. The van der Waals surface area contributed by atoms with Crippen LogP contribution in [0.2, 0.25) is 5.02 Å². The summed E-state index contributed by atoms with van der Waals surface area (Å²) >= 11 is 6.22. The Hall–Kier alpha value is -1.56. The number of aromatic nitrogens is 2. The van der Waals surface area contributed by atoms with Crippen LogP contribution in [0.15, 0.2) is 0 Å². The third-order valence-corrected chi connectivity index (χ3v) is 3.85. The van der Waals surface area contributed by atoms with E-state index in [1.54, 1.807) is 11.6 Å². The molecular weight excluding hydrogens is 268 g/mol. The van der Waals surface area contributed by atoms with Crippen LogP contribution in [0, 0.1) is 6.92 Å². The van der Waals surface area contributed by atoms with E-state index in [0.717, 1.165) is 11.4 Å². The summed E-state index contributed by atoms with van der Waals surface area (Å²) in [5, 5.41) is 7.43. The number of amides is 2. The summed E-state index contributed by atoms with van der Waals surface area (Å²) < 4.78 is 1.77. The van der Waals surface area contributed by atoms with Crippen molar-refractivity contribution in [3.63, 3.8) is 0 Å². The Balaban J connectivity index is 2.29. The van der Waals surface area contributed by atoms with Crippen molar-refractivity contribution in [3.8, 4) is 0 Å². The molecule has 0 spiro atoms. The summed E-state index contributed by atoms with van der Waals surface area (Å²) in [7, 11) is 0. The maximum atomic E-state index is 11.9. The molecular formula is C12H17ClN4O2. The van der Waals surface area contributed by atoms with Gasteiger partial charge in [-0.15, -0.1) is 0 Å². The van der Waals surface area contributed by atoms with E-state index >= 15 is 0 Å². The van der Waals surface area contributed by atoms with Gasteiger partial charge in [0, 0.05) is 6.54 Å². The minimum absolute atomic E-state index is 0.0417. The van der Waals surface area contributed by atoms with Gasteiger partial charge in [-0.1, -0.05) is 11.6 Å². The predicted molar refractivity (Wildman–Crippen MR) is 70.7 cm³/mol. The smallest absolute Gasteiger partial charge is 0.242 e. The van der Waals surface area contributed by atoms with Crippen molar-refractivity contribution < 1.29 is 9.59 Å². The zero-order valence-corrected chi connectivity index (χ0v) is 12.0. The van der Waals surface area contributed by atoms with Gasteiger partial charge in [0.25, 0.3) is 0 Å². The maximum Gasteiger partial charge on any atom is 0.242 e. The molecule has 1 aromatic heterocycles. The van der Waals surface area contributed by atoms with Gasteiger partial charge in [0.1, 0.15) is 6.04 Å². The Morgan fingerprint density at radius 1 is 1.47 bits per heavy atom. The van der Waals surface area contributed by atoms with Gasteiger partial charge >= 0.3 is 0 Å². The quantitative estimate of drug-likeness (QED) is 0.889. The Labute approximate surface area is 116 Å². The molecule has 2 amide bonds. The maximum absolute atomic E-state index is 11.9. The SMILES string of the molecule is CCn1nc(C)c(Cl)c1CN1C(=O)CNC(=O)C1C. The fraction of sp³-hybridized carbons (Fsp3) is 0.583. The van der Waals surface area contributed by atoms with Crippen LogP contribution in [0.1, 0.15) is 25.2 Å². The van der Waals surface area contributed by atoms with E-state index in [0.29, 0.717) is 18.1 Å². The second-order valence-corrected chi connectivity index (χ2v) is 4.96. The number of nitrogens with one attached hydrogen (secondary N) is 1. The first-order valence-corrected chi connectivity index (χ1v) is 6.62. The number of aryl methyl sites for hydroxylation is 2. The second kappa shape index (κ2) is 5.21. The topological polar surface area (TPSA) is 67.2 Å². The fourth-order valence-corrected chi connectivity index (χ4v) is 2.37. The lowest BCUT2D eigenvalue weighted by molar-refractivity contribution is -0.145. The van der Waals surface area contributed by atoms with Gasteiger partial charge in [0.15, 0.2) is 0 Å².